The summed E-state index contributed by atoms with van der Waals surface area (Å²) in [5.41, 5.74) is 1.57. The van der Waals surface area contributed by atoms with E-state index in [1.807, 2.05) is 12.1 Å². The summed E-state index contributed by atoms with van der Waals surface area (Å²) in [5.74, 6) is 2.51. The van der Waals surface area contributed by atoms with Gasteiger partial charge < -0.3 is 19.2 Å². The van der Waals surface area contributed by atoms with Crippen LogP contribution in [0.1, 0.15) is 24.7 Å². The van der Waals surface area contributed by atoms with Crippen LogP contribution in [0.4, 0.5) is 0 Å². The fourth-order valence-corrected chi connectivity index (χ4v) is 2.51. The molecule has 0 radical (unpaired) electrons. The molecule has 1 aromatic carbocycles. The van der Waals surface area contributed by atoms with Crippen LogP contribution in [0.5, 0.6) is 11.5 Å². The van der Waals surface area contributed by atoms with E-state index in [4.69, 9.17) is 13.9 Å². The van der Waals surface area contributed by atoms with Gasteiger partial charge in [0.25, 0.3) is 0 Å². The molecule has 2 heterocycles. The number of rotatable bonds is 3. The lowest BCUT2D eigenvalue weighted by Crippen LogP contribution is -2.28. The molecule has 0 spiro atoms. The van der Waals surface area contributed by atoms with E-state index in [1.54, 1.807) is 14.2 Å². The Labute approximate surface area is 111 Å². The third-order valence-corrected chi connectivity index (χ3v) is 3.56. The van der Waals surface area contributed by atoms with Gasteiger partial charge in [0.05, 0.1) is 14.2 Å². The van der Waals surface area contributed by atoms with Crippen molar-refractivity contribution in [2.45, 2.75) is 18.8 Å². The van der Waals surface area contributed by atoms with Gasteiger partial charge in [0, 0.05) is 24.6 Å². The fraction of sp³-hybridized carbons (Fsp3) is 0.500. The zero-order valence-electron chi connectivity index (χ0n) is 11.2. The topological polar surface area (TPSA) is 56.5 Å². The second-order valence-electron chi connectivity index (χ2n) is 4.77. The normalized spacial score (nSPS) is 19.6. The van der Waals surface area contributed by atoms with E-state index in [1.165, 1.54) is 0 Å². The standard InChI is InChI=1S/C14H18N2O3/c1-17-12-6-10-11(7-13(12)18-2)19-14(16-10)9-4-3-5-15-8-9/h6-7,9,15H,3-5,8H2,1-2H3. The Bertz CT molecular complexity index is 532. The number of nitrogens with zero attached hydrogens (tertiary/aromatic N) is 1. The average molecular weight is 262 g/mol. The zero-order valence-corrected chi connectivity index (χ0v) is 11.2. The van der Waals surface area contributed by atoms with Gasteiger partial charge in [0.1, 0.15) is 5.52 Å². The fourth-order valence-electron chi connectivity index (χ4n) is 2.51. The van der Waals surface area contributed by atoms with E-state index in [9.17, 15) is 0 Å². The van der Waals surface area contributed by atoms with Crippen molar-refractivity contribution in [1.29, 1.82) is 0 Å². The maximum Gasteiger partial charge on any atom is 0.199 e. The Balaban J connectivity index is 1.99. The van der Waals surface area contributed by atoms with Gasteiger partial charge in [0.2, 0.25) is 0 Å². The molecule has 0 bridgehead atoms. The predicted molar refractivity (Wildman–Crippen MR) is 72.0 cm³/mol. The maximum atomic E-state index is 5.86. The minimum atomic E-state index is 0.359. The van der Waals surface area contributed by atoms with Crippen LogP contribution in [0, 0.1) is 0 Å². The lowest BCUT2D eigenvalue weighted by atomic mass is 10.00. The monoisotopic (exact) mass is 262 g/mol. The van der Waals surface area contributed by atoms with E-state index in [2.05, 4.69) is 10.3 Å². The quantitative estimate of drug-likeness (QED) is 0.920. The third-order valence-electron chi connectivity index (χ3n) is 3.56. The molecular formula is C14H18N2O3. The van der Waals surface area contributed by atoms with Gasteiger partial charge in [-0.3, -0.25) is 0 Å². The molecule has 1 N–H and O–H groups in total. The molecular weight excluding hydrogens is 244 g/mol. The highest BCUT2D eigenvalue weighted by Gasteiger charge is 2.21. The summed E-state index contributed by atoms with van der Waals surface area (Å²) in [5, 5.41) is 3.37. The molecule has 0 amide bonds. The van der Waals surface area contributed by atoms with Gasteiger partial charge >= 0.3 is 0 Å². The molecule has 19 heavy (non-hydrogen) atoms. The van der Waals surface area contributed by atoms with Gasteiger partial charge in [-0.2, -0.15) is 0 Å². The van der Waals surface area contributed by atoms with Crippen molar-refractivity contribution in [1.82, 2.24) is 10.3 Å². The molecule has 1 aromatic heterocycles. The highest BCUT2D eigenvalue weighted by molar-refractivity contribution is 5.77. The maximum absolute atomic E-state index is 5.86. The van der Waals surface area contributed by atoms with Crippen molar-refractivity contribution in [2.24, 2.45) is 0 Å². The summed E-state index contributed by atoms with van der Waals surface area (Å²) in [6.07, 6.45) is 2.28. The number of piperidine rings is 1. The van der Waals surface area contributed by atoms with Gasteiger partial charge in [0.15, 0.2) is 23.0 Å². The van der Waals surface area contributed by atoms with Crippen molar-refractivity contribution < 1.29 is 13.9 Å². The largest absolute Gasteiger partial charge is 0.493 e. The Morgan fingerprint density at radius 2 is 2.05 bits per heavy atom. The number of hydrogen-bond donors (Lipinski definition) is 1. The van der Waals surface area contributed by atoms with Gasteiger partial charge in [-0.1, -0.05) is 0 Å². The van der Waals surface area contributed by atoms with E-state index in [0.717, 1.165) is 42.9 Å². The molecule has 0 saturated carbocycles. The molecule has 1 fully saturated rings. The van der Waals surface area contributed by atoms with E-state index >= 15 is 0 Å². The molecule has 5 nitrogen and oxygen atoms in total. The lowest BCUT2D eigenvalue weighted by Gasteiger charge is -2.19. The number of hydrogen-bond acceptors (Lipinski definition) is 5. The number of fused-ring (bicyclic) bond motifs is 1. The first-order valence-corrected chi connectivity index (χ1v) is 6.55. The van der Waals surface area contributed by atoms with Crippen LogP contribution in [-0.2, 0) is 0 Å². The van der Waals surface area contributed by atoms with E-state index in [0.29, 0.717) is 17.4 Å². The first-order valence-electron chi connectivity index (χ1n) is 6.55. The molecule has 2 aromatic rings. The van der Waals surface area contributed by atoms with Crippen LogP contribution < -0.4 is 14.8 Å². The first-order chi connectivity index (χ1) is 9.31. The number of aromatic nitrogens is 1. The summed E-state index contributed by atoms with van der Waals surface area (Å²) in [4.78, 5) is 4.58. The zero-order chi connectivity index (χ0) is 13.2. The molecule has 1 saturated heterocycles. The van der Waals surface area contributed by atoms with Crippen LogP contribution in [0.15, 0.2) is 16.5 Å². The number of benzene rings is 1. The van der Waals surface area contributed by atoms with Crippen LogP contribution >= 0.6 is 0 Å². The Hall–Kier alpha value is -1.75. The van der Waals surface area contributed by atoms with Crippen molar-refractivity contribution >= 4 is 11.1 Å². The number of oxazole rings is 1. The second kappa shape index (κ2) is 5.09. The van der Waals surface area contributed by atoms with Crippen molar-refractivity contribution in [3.8, 4) is 11.5 Å². The molecule has 1 aliphatic heterocycles. The Morgan fingerprint density at radius 1 is 1.26 bits per heavy atom. The van der Waals surface area contributed by atoms with Crippen molar-refractivity contribution in [2.75, 3.05) is 27.3 Å². The summed E-state index contributed by atoms with van der Waals surface area (Å²) >= 11 is 0. The van der Waals surface area contributed by atoms with Gasteiger partial charge in [-0.25, -0.2) is 4.98 Å². The summed E-state index contributed by atoms with van der Waals surface area (Å²) < 4.78 is 16.4. The minimum Gasteiger partial charge on any atom is -0.493 e. The predicted octanol–water partition coefficient (Wildman–Crippen LogP) is 2.31. The first kappa shape index (κ1) is 12.3. The number of ether oxygens (including phenoxy) is 2. The molecule has 1 atom stereocenters. The van der Waals surface area contributed by atoms with Crippen LogP contribution in [-0.4, -0.2) is 32.3 Å². The summed E-state index contributed by atoms with van der Waals surface area (Å²) in [6, 6.07) is 3.69. The summed E-state index contributed by atoms with van der Waals surface area (Å²) in [7, 11) is 3.24. The molecule has 5 heteroatoms. The van der Waals surface area contributed by atoms with E-state index < -0.39 is 0 Å². The third kappa shape index (κ3) is 2.26. The highest BCUT2D eigenvalue weighted by atomic mass is 16.5. The highest BCUT2D eigenvalue weighted by Crippen LogP contribution is 2.34. The smallest absolute Gasteiger partial charge is 0.199 e. The summed E-state index contributed by atoms with van der Waals surface area (Å²) in [6.45, 7) is 2.01. The molecule has 1 unspecified atom stereocenters. The van der Waals surface area contributed by atoms with Crippen LogP contribution in [0.25, 0.3) is 11.1 Å². The van der Waals surface area contributed by atoms with Gasteiger partial charge in [-0.15, -0.1) is 0 Å². The van der Waals surface area contributed by atoms with E-state index in [-0.39, 0.29) is 0 Å². The van der Waals surface area contributed by atoms with Crippen LogP contribution in [0.2, 0.25) is 0 Å². The van der Waals surface area contributed by atoms with Crippen molar-refractivity contribution in [3.63, 3.8) is 0 Å². The molecule has 102 valence electrons. The lowest BCUT2D eigenvalue weighted by molar-refractivity contribution is 0.354. The number of nitrogens with one attached hydrogen (secondary N) is 1. The SMILES string of the molecule is COc1cc2nc(C3CCCNC3)oc2cc1OC. The molecule has 3 rings (SSSR count). The minimum absolute atomic E-state index is 0.359. The number of methoxy groups -OCH3 is 2. The Kier molecular flexibility index (Phi) is 3.29. The van der Waals surface area contributed by atoms with Crippen LogP contribution in [0.3, 0.4) is 0 Å². The average Bonchev–Trinajstić information content (AvgIpc) is 2.89. The van der Waals surface area contributed by atoms with Gasteiger partial charge in [-0.05, 0) is 19.4 Å². The molecule has 0 aliphatic carbocycles. The Morgan fingerprint density at radius 3 is 2.74 bits per heavy atom. The molecule has 1 aliphatic rings. The second-order valence-corrected chi connectivity index (χ2v) is 4.77. The van der Waals surface area contributed by atoms with Crippen molar-refractivity contribution in [3.05, 3.63) is 18.0 Å².